The van der Waals surface area contributed by atoms with Crippen molar-refractivity contribution < 1.29 is 4.42 Å². The van der Waals surface area contributed by atoms with Gasteiger partial charge in [0.2, 0.25) is 0 Å². The summed E-state index contributed by atoms with van der Waals surface area (Å²) in [5.74, 6) is 0.951. The van der Waals surface area contributed by atoms with Gasteiger partial charge in [-0.25, -0.2) is 0 Å². The van der Waals surface area contributed by atoms with Crippen molar-refractivity contribution in [2.75, 3.05) is 6.54 Å². The predicted octanol–water partition coefficient (Wildman–Crippen LogP) is 2.18. The maximum absolute atomic E-state index is 5.46. The Bertz CT molecular complexity index is 445. The molecule has 2 aromatic heterocycles. The van der Waals surface area contributed by atoms with Gasteiger partial charge in [-0.05, 0) is 25.1 Å². The zero-order valence-corrected chi connectivity index (χ0v) is 9.73. The number of aromatic nitrogens is 2. The highest BCUT2D eigenvalue weighted by Gasteiger charge is 2.10. The van der Waals surface area contributed by atoms with E-state index in [1.807, 2.05) is 25.4 Å². The summed E-state index contributed by atoms with van der Waals surface area (Å²) in [4.78, 5) is 0. The summed E-state index contributed by atoms with van der Waals surface area (Å²) in [7, 11) is 1.92. The van der Waals surface area contributed by atoms with Crippen molar-refractivity contribution in [2.45, 2.75) is 19.9 Å². The van der Waals surface area contributed by atoms with E-state index in [0.29, 0.717) is 0 Å². The van der Waals surface area contributed by atoms with E-state index in [4.69, 9.17) is 4.42 Å². The fraction of sp³-hybridized carbons (Fsp3) is 0.417. The minimum absolute atomic E-state index is 0.757. The van der Waals surface area contributed by atoms with Crippen molar-refractivity contribution in [1.82, 2.24) is 15.1 Å². The van der Waals surface area contributed by atoms with Crippen molar-refractivity contribution in [1.29, 1.82) is 0 Å². The second-order valence-corrected chi connectivity index (χ2v) is 3.81. The summed E-state index contributed by atoms with van der Waals surface area (Å²) in [5.41, 5.74) is 2.04. The van der Waals surface area contributed by atoms with Crippen LogP contribution in [0, 0.1) is 0 Å². The van der Waals surface area contributed by atoms with Gasteiger partial charge in [-0.2, -0.15) is 5.10 Å². The van der Waals surface area contributed by atoms with Gasteiger partial charge in [0.05, 0.1) is 18.5 Å². The Labute approximate surface area is 95.3 Å². The molecule has 86 valence electrons. The second kappa shape index (κ2) is 4.99. The van der Waals surface area contributed by atoms with Gasteiger partial charge in [0.15, 0.2) is 0 Å². The molecule has 0 aliphatic carbocycles. The van der Waals surface area contributed by atoms with Crippen molar-refractivity contribution >= 4 is 0 Å². The molecule has 2 heterocycles. The average molecular weight is 219 g/mol. The molecule has 16 heavy (non-hydrogen) atoms. The summed E-state index contributed by atoms with van der Waals surface area (Å²) in [5, 5.41) is 7.70. The van der Waals surface area contributed by atoms with E-state index in [1.165, 1.54) is 0 Å². The van der Waals surface area contributed by atoms with Crippen molar-refractivity contribution in [3.05, 3.63) is 30.4 Å². The van der Waals surface area contributed by atoms with E-state index < -0.39 is 0 Å². The van der Waals surface area contributed by atoms with Gasteiger partial charge >= 0.3 is 0 Å². The number of nitrogens with zero attached hydrogens (tertiary/aromatic N) is 2. The molecule has 0 aliphatic rings. The lowest BCUT2D eigenvalue weighted by Crippen LogP contribution is -2.13. The molecule has 4 nitrogen and oxygen atoms in total. The molecule has 0 radical (unpaired) electrons. The Kier molecular flexibility index (Phi) is 3.41. The van der Waals surface area contributed by atoms with Crippen LogP contribution >= 0.6 is 0 Å². The third kappa shape index (κ3) is 2.33. The molecule has 0 saturated heterocycles. The molecule has 0 saturated carbocycles. The van der Waals surface area contributed by atoms with Crippen LogP contribution in [0.1, 0.15) is 19.1 Å². The standard InChI is InChI=1S/C12H17N3O/c1-3-6-13-9-12-10(5-8-16-12)11-4-7-15(2)14-11/h4-5,7-8,13H,3,6,9H2,1-2H3. The number of hydrogen-bond acceptors (Lipinski definition) is 3. The minimum atomic E-state index is 0.757. The highest BCUT2D eigenvalue weighted by molar-refractivity contribution is 5.60. The largest absolute Gasteiger partial charge is 0.467 e. The first-order valence-electron chi connectivity index (χ1n) is 5.58. The van der Waals surface area contributed by atoms with Gasteiger partial charge in [0.1, 0.15) is 5.76 Å². The topological polar surface area (TPSA) is 43.0 Å². The van der Waals surface area contributed by atoms with E-state index >= 15 is 0 Å². The number of hydrogen-bond donors (Lipinski definition) is 1. The molecular formula is C12H17N3O. The lowest BCUT2D eigenvalue weighted by Gasteiger charge is -2.01. The van der Waals surface area contributed by atoms with Crippen LogP contribution < -0.4 is 5.32 Å². The summed E-state index contributed by atoms with van der Waals surface area (Å²) in [6, 6.07) is 3.96. The highest BCUT2D eigenvalue weighted by atomic mass is 16.3. The number of rotatable bonds is 5. The van der Waals surface area contributed by atoms with Gasteiger partial charge in [-0.1, -0.05) is 6.92 Å². The van der Waals surface area contributed by atoms with E-state index in [0.717, 1.165) is 36.5 Å². The highest BCUT2D eigenvalue weighted by Crippen LogP contribution is 2.22. The first-order chi connectivity index (χ1) is 7.81. The van der Waals surface area contributed by atoms with Crippen LogP contribution in [0.4, 0.5) is 0 Å². The molecule has 0 unspecified atom stereocenters. The van der Waals surface area contributed by atoms with E-state index in [2.05, 4.69) is 17.3 Å². The minimum Gasteiger partial charge on any atom is -0.467 e. The summed E-state index contributed by atoms with van der Waals surface area (Å²) < 4.78 is 7.26. The molecule has 2 aromatic rings. The van der Waals surface area contributed by atoms with E-state index in [9.17, 15) is 0 Å². The van der Waals surface area contributed by atoms with E-state index in [1.54, 1.807) is 10.9 Å². The van der Waals surface area contributed by atoms with E-state index in [-0.39, 0.29) is 0 Å². The zero-order chi connectivity index (χ0) is 11.4. The molecule has 2 rings (SSSR count). The molecule has 0 fully saturated rings. The number of aryl methyl sites for hydroxylation is 1. The lowest BCUT2D eigenvalue weighted by molar-refractivity contribution is 0.484. The van der Waals surface area contributed by atoms with Gasteiger partial charge in [-0.3, -0.25) is 4.68 Å². The monoisotopic (exact) mass is 219 g/mol. The van der Waals surface area contributed by atoms with Gasteiger partial charge < -0.3 is 9.73 Å². The molecule has 0 bridgehead atoms. The maximum atomic E-state index is 5.46. The molecule has 0 atom stereocenters. The normalized spacial score (nSPS) is 10.9. The van der Waals surface area contributed by atoms with Crippen LogP contribution in [-0.2, 0) is 13.6 Å². The van der Waals surface area contributed by atoms with Crippen LogP contribution in [0.25, 0.3) is 11.3 Å². The Morgan fingerprint density at radius 2 is 2.31 bits per heavy atom. The summed E-state index contributed by atoms with van der Waals surface area (Å²) in [6.07, 6.45) is 4.78. The Morgan fingerprint density at radius 3 is 3.00 bits per heavy atom. The zero-order valence-electron chi connectivity index (χ0n) is 9.73. The summed E-state index contributed by atoms with van der Waals surface area (Å²) in [6.45, 7) is 3.91. The first kappa shape index (κ1) is 11.0. The molecule has 0 aromatic carbocycles. The quantitative estimate of drug-likeness (QED) is 0.784. The average Bonchev–Trinajstić information content (AvgIpc) is 2.87. The van der Waals surface area contributed by atoms with Crippen LogP contribution in [0.15, 0.2) is 29.0 Å². The summed E-state index contributed by atoms with van der Waals surface area (Å²) >= 11 is 0. The predicted molar refractivity (Wildman–Crippen MR) is 62.9 cm³/mol. The van der Waals surface area contributed by atoms with Crippen LogP contribution in [0.5, 0.6) is 0 Å². The Morgan fingerprint density at radius 1 is 1.44 bits per heavy atom. The molecule has 0 amide bonds. The van der Waals surface area contributed by atoms with Gasteiger partial charge in [0.25, 0.3) is 0 Å². The third-order valence-corrected chi connectivity index (χ3v) is 2.45. The molecule has 4 heteroatoms. The van der Waals surface area contributed by atoms with Crippen LogP contribution in [0.3, 0.4) is 0 Å². The number of nitrogens with one attached hydrogen (secondary N) is 1. The smallest absolute Gasteiger partial charge is 0.126 e. The SMILES string of the molecule is CCCNCc1occc1-c1ccn(C)n1. The molecular weight excluding hydrogens is 202 g/mol. The van der Waals surface area contributed by atoms with Gasteiger partial charge in [-0.15, -0.1) is 0 Å². The Hall–Kier alpha value is -1.55. The molecule has 0 spiro atoms. The van der Waals surface area contributed by atoms with Crippen LogP contribution in [-0.4, -0.2) is 16.3 Å². The van der Waals surface area contributed by atoms with Crippen molar-refractivity contribution in [3.8, 4) is 11.3 Å². The third-order valence-electron chi connectivity index (χ3n) is 2.45. The number of furan rings is 1. The molecule has 0 aliphatic heterocycles. The lowest BCUT2D eigenvalue weighted by atomic mass is 10.2. The van der Waals surface area contributed by atoms with Crippen molar-refractivity contribution in [3.63, 3.8) is 0 Å². The van der Waals surface area contributed by atoms with Crippen LogP contribution in [0.2, 0.25) is 0 Å². The van der Waals surface area contributed by atoms with Crippen molar-refractivity contribution in [2.24, 2.45) is 7.05 Å². The first-order valence-corrected chi connectivity index (χ1v) is 5.58. The fourth-order valence-electron chi connectivity index (χ4n) is 1.64. The molecule has 1 N–H and O–H groups in total. The maximum Gasteiger partial charge on any atom is 0.126 e. The second-order valence-electron chi connectivity index (χ2n) is 3.81. The Balaban J connectivity index is 2.12. The van der Waals surface area contributed by atoms with Gasteiger partial charge in [0, 0.05) is 18.8 Å². The fourth-order valence-corrected chi connectivity index (χ4v) is 1.64.